The van der Waals surface area contributed by atoms with E-state index in [-0.39, 0.29) is 0 Å². The summed E-state index contributed by atoms with van der Waals surface area (Å²) in [7, 11) is 6.13. The molecule has 0 radical (unpaired) electrons. The number of carbonyl (C=O) groups is 1. The van der Waals surface area contributed by atoms with Crippen molar-refractivity contribution in [2.75, 3.05) is 32.1 Å². The number of anilines is 1. The van der Waals surface area contributed by atoms with Crippen LogP contribution in [0, 0.1) is 12.8 Å². The van der Waals surface area contributed by atoms with Crippen molar-refractivity contribution in [3.05, 3.63) is 11.3 Å². The van der Waals surface area contributed by atoms with Crippen LogP contribution >= 0.6 is 0 Å². The zero-order valence-electron chi connectivity index (χ0n) is 11.8. The number of aryl methyl sites for hydroxylation is 2. The number of hydrogen-bond donors (Lipinski definition) is 0. The second-order valence-electron chi connectivity index (χ2n) is 5.48. The van der Waals surface area contributed by atoms with Crippen LogP contribution in [0.1, 0.15) is 23.0 Å². The molecule has 0 aliphatic carbocycles. The molecule has 5 heteroatoms. The van der Waals surface area contributed by atoms with E-state index in [1.807, 2.05) is 18.7 Å². The van der Waals surface area contributed by atoms with Gasteiger partial charge < -0.3 is 9.80 Å². The molecule has 1 aliphatic heterocycles. The second-order valence-corrected chi connectivity index (χ2v) is 5.48. The van der Waals surface area contributed by atoms with Gasteiger partial charge in [-0.3, -0.25) is 9.48 Å². The molecule has 0 aromatic carbocycles. The third kappa shape index (κ3) is 2.03. The van der Waals surface area contributed by atoms with E-state index < -0.39 is 0 Å². The summed E-state index contributed by atoms with van der Waals surface area (Å²) in [6, 6.07) is 0.528. The van der Waals surface area contributed by atoms with Crippen molar-refractivity contribution in [3.63, 3.8) is 0 Å². The predicted molar refractivity (Wildman–Crippen MR) is 72.2 cm³/mol. The minimum atomic E-state index is 0.528. The van der Waals surface area contributed by atoms with Gasteiger partial charge in [0, 0.05) is 26.2 Å². The molecule has 0 N–H and O–H groups in total. The third-order valence-electron chi connectivity index (χ3n) is 3.89. The summed E-state index contributed by atoms with van der Waals surface area (Å²) in [6.07, 6.45) is 0.922. The Hall–Kier alpha value is -1.36. The van der Waals surface area contributed by atoms with Gasteiger partial charge in [0.05, 0.1) is 11.3 Å². The summed E-state index contributed by atoms with van der Waals surface area (Å²) < 4.78 is 1.82. The second kappa shape index (κ2) is 4.72. The van der Waals surface area contributed by atoms with E-state index in [0.717, 1.165) is 36.5 Å². The molecule has 100 valence electrons. The minimum absolute atomic E-state index is 0.528. The van der Waals surface area contributed by atoms with E-state index in [2.05, 4.69) is 35.9 Å². The molecule has 2 unspecified atom stereocenters. The highest BCUT2D eigenvalue weighted by Gasteiger charge is 2.33. The largest absolute Gasteiger partial charge is 0.354 e. The van der Waals surface area contributed by atoms with Crippen LogP contribution in [-0.2, 0) is 7.05 Å². The van der Waals surface area contributed by atoms with E-state index in [1.165, 1.54) is 0 Å². The quantitative estimate of drug-likeness (QED) is 0.748. The number of hydrogen-bond acceptors (Lipinski definition) is 4. The molecular weight excluding hydrogens is 228 g/mol. The number of aromatic nitrogens is 2. The Kier molecular flexibility index (Phi) is 3.43. The molecule has 1 saturated heterocycles. The monoisotopic (exact) mass is 250 g/mol. The maximum Gasteiger partial charge on any atom is 0.155 e. The highest BCUT2D eigenvalue weighted by Crippen LogP contribution is 2.29. The van der Waals surface area contributed by atoms with Crippen LogP contribution in [-0.4, -0.2) is 54.2 Å². The standard InChI is InChI=1S/C13H22N4O/c1-9-6-17(7-12(9)15(3)4)13-11(8-18)10(2)14-16(13)5/h8-9,12H,6-7H2,1-5H3. The zero-order valence-corrected chi connectivity index (χ0v) is 11.8. The van der Waals surface area contributed by atoms with Crippen molar-refractivity contribution in [1.82, 2.24) is 14.7 Å². The molecular formula is C13H22N4O. The van der Waals surface area contributed by atoms with E-state index >= 15 is 0 Å². The van der Waals surface area contributed by atoms with Gasteiger partial charge in [-0.2, -0.15) is 5.10 Å². The lowest BCUT2D eigenvalue weighted by Crippen LogP contribution is -2.34. The molecule has 18 heavy (non-hydrogen) atoms. The average molecular weight is 250 g/mol. The maximum absolute atomic E-state index is 11.2. The van der Waals surface area contributed by atoms with E-state index in [4.69, 9.17) is 0 Å². The Morgan fingerprint density at radius 2 is 2.06 bits per heavy atom. The van der Waals surface area contributed by atoms with Crippen molar-refractivity contribution >= 4 is 12.1 Å². The summed E-state index contributed by atoms with van der Waals surface area (Å²) in [5, 5.41) is 4.35. The van der Waals surface area contributed by atoms with E-state index in [1.54, 1.807) is 0 Å². The third-order valence-corrected chi connectivity index (χ3v) is 3.89. The molecule has 2 atom stereocenters. The van der Waals surface area contributed by atoms with Crippen LogP contribution in [0.2, 0.25) is 0 Å². The summed E-state index contributed by atoms with van der Waals surface area (Å²) in [6.45, 7) is 6.07. The van der Waals surface area contributed by atoms with E-state index in [0.29, 0.717) is 12.0 Å². The van der Waals surface area contributed by atoms with Gasteiger partial charge >= 0.3 is 0 Å². The number of nitrogens with zero attached hydrogens (tertiary/aromatic N) is 4. The van der Waals surface area contributed by atoms with Gasteiger partial charge in [-0.1, -0.05) is 6.92 Å². The summed E-state index contributed by atoms with van der Waals surface area (Å²) in [5.41, 5.74) is 1.53. The Morgan fingerprint density at radius 1 is 1.39 bits per heavy atom. The fraction of sp³-hybridized carbons (Fsp3) is 0.692. The molecule has 0 amide bonds. The fourth-order valence-corrected chi connectivity index (χ4v) is 2.97. The lowest BCUT2D eigenvalue weighted by atomic mass is 10.1. The summed E-state index contributed by atoms with van der Waals surface area (Å²) in [4.78, 5) is 15.8. The number of likely N-dealkylation sites (N-methyl/N-ethyl adjacent to an activating group) is 1. The van der Waals surface area contributed by atoms with Gasteiger partial charge in [0.2, 0.25) is 0 Å². The molecule has 5 nitrogen and oxygen atoms in total. The summed E-state index contributed by atoms with van der Waals surface area (Å²) in [5.74, 6) is 1.55. The van der Waals surface area contributed by atoms with Gasteiger partial charge in [-0.05, 0) is 26.9 Å². The topological polar surface area (TPSA) is 41.4 Å². The first-order valence-corrected chi connectivity index (χ1v) is 6.35. The van der Waals surface area contributed by atoms with Crippen molar-refractivity contribution in [2.24, 2.45) is 13.0 Å². The van der Waals surface area contributed by atoms with Crippen LogP contribution in [0.25, 0.3) is 0 Å². The Morgan fingerprint density at radius 3 is 2.56 bits per heavy atom. The van der Waals surface area contributed by atoms with Crippen LogP contribution in [0.15, 0.2) is 0 Å². The average Bonchev–Trinajstić information content (AvgIpc) is 2.78. The van der Waals surface area contributed by atoms with Crippen molar-refractivity contribution < 1.29 is 4.79 Å². The highest BCUT2D eigenvalue weighted by atomic mass is 16.1. The predicted octanol–water partition coefficient (Wildman–Crippen LogP) is 0.927. The van der Waals surface area contributed by atoms with E-state index in [9.17, 15) is 4.79 Å². The fourth-order valence-electron chi connectivity index (χ4n) is 2.97. The zero-order chi connectivity index (χ0) is 13.4. The van der Waals surface area contributed by atoms with Crippen LogP contribution < -0.4 is 4.90 Å². The van der Waals surface area contributed by atoms with Gasteiger partial charge in [0.1, 0.15) is 5.82 Å². The van der Waals surface area contributed by atoms with Gasteiger partial charge in [-0.25, -0.2) is 0 Å². The molecule has 1 fully saturated rings. The van der Waals surface area contributed by atoms with Crippen LogP contribution in [0.4, 0.5) is 5.82 Å². The smallest absolute Gasteiger partial charge is 0.155 e. The molecule has 1 aromatic heterocycles. The van der Waals surface area contributed by atoms with Crippen molar-refractivity contribution in [1.29, 1.82) is 0 Å². The van der Waals surface area contributed by atoms with Crippen LogP contribution in [0.3, 0.4) is 0 Å². The molecule has 2 rings (SSSR count). The Labute approximate surface area is 108 Å². The molecule has 0 bridgehead atoms. The lowest BCUT2D eigenvalue weighted by molar-refractivity contribution is 0.112. The first kappa shape index (κ1) is 13.1. The van der Waals surface area contributed by atoms with Crippen molar-refractivity contribution in [3.8, 4) is 0 Å². The molecule has 2 heterocycles. The first-order chi connectivity index (χ1) is 8.45. The normalized spacial score (nSPS) is 24.0. The molecule has 1 aromatic rings. The molecule has 0 saturated carbocycles. The van der Waals surface area contributed by atoms with Gasteiger partial charge in [0.15, 0.2) is 6.29 Å². The number of rotatable bonds is 3. The van der Waals surface area contributed by atoms with Crippen molar-refractivity contribution in [2.45, 2.75) is 19.9 Å². The molecule has 1 aliphatic rings. The minimum Gasteiger partial charge on any atom is -0.354 e. The molecule has 0 spiro atoms. The summed E-state index contributed by atoms with van der Waals surface area (Å²) >= 11 is 0. The Balaban J connectivity index is 2.31. The Bertz CT molecular complexity index is 452. The number of carbonyl (C=O) groups excluding carboxylic acids is 1. The van der Waals surface area contributed by atoms with Gasteiger partial charge in [0.25, 0.3) is 0 Å². The lowest BCUT2D eigenvalue weighted by Gasteiger charge is -2.23. The van der Waals surface area contributed by atoms with Gasteiger partial charge in [-0.15, -0.1) is 0 Å². The maximum atomic E-state index is 11.2. The van der Waals surface area contributed by atoms with Crippen LogP contribution in [0.5, 0.6) is 0 Å². The highest BCUT2D eigenvalue weighted by molar-refractivity contribution is 5.84. The SMILES string of the molecule is Cc1nn(C)c(N2CC(C)C(N(C)C)C2)c1C=O. The number of aldehydes is 1. The first-order valence-electron chi connectivity index (χ1n) is 6.35.